The minimum absolute atomic E-state index is 0.0804. The second-order valence-electron chi connectivity index (χ2n) is 5.77. The van der Waals surface area contributed by atoms with Crippen molar-refractivity contribution in [1.82, 2.24) is 20.1 Å². The first-order valence-electron chi connectivity index (χ1n) is 7.63. The molecule has 6 heteroatoms. The van der Waals surface area contributed by atoms with Gasteiger partial charge in [-0.15, -0.1) is 0 Å². The third kappa shape index (κ3) is 3.27. The van der Waals surface area contributed by atoms with Gasteiger partial charge in [-0.3, -0.25) is 5.10 Å². The van der Waals surface area contributed by atoms with E-state index in [0.717, 1.165) is 37.1 Å². The maximum atomic E-state index is 11.6. The lowest BCUT2D eigenvalue weighted by atomic mass is 9.85. The molecule has 6 nitrogen and oxygen atoms in total. The third-order valence-electron chi connectivity index (χ3n) is 4.40. The van der Waals surface area contributed by atoms with E-state index < -0.39 is 6.09 Å². The van der Waals surface area contributed by atoms with E-state index in [1.807, 2.05) is 30.3 Å². The molecule has 1 aliphatic carbocycles. The van der Waals surface area contributed by atoms with Gasteiger partial charge in [-0.25, -0.2) is 9.78 Å². The molecule has 22 heavy (non-hydrogen) atoms. The summed E-state index contributed by atoms with van der Waals surface area (Å²) in [6.45, 7) is 0.452. The van der Waals surface area contributed by atoms with Crippen molar-refractivity contribution in [2.24, 2.45) is 0 Å². The first-order valence-corrected chi connectivity index (χ1v) is 7.63. The lowest BCUT2D eigenvalue weighted by molar-refractivity contribution is 0.104. The minimum Gasteiger partial charge on any atom is -0.465 e. The molecular weight excluding hydrogens is 280 g/mol. The van der Waals surface area contributed by atoms with E-state index in [-0.39, 0.29) is 6.04 Å². The molecule has 1 heterocycles. The molecule has 0 bridgehead atoms. The quantitative estimate of drug-likeness (QED) is 0.909. The summed E-state index contributed by atoms with van der Waals surface area (Å²) in [7, 11) is 0. The number of hydrogen-bond acceptors (Lipinski definition) is 3. The van der Waals surface area contributed by atoms with Gasteiger partial charge in [0.2, 0.25) is 0 Å². The number of carboxylic acid groups (broad SMARTS) is 1. The Morgan fingerprint density at radius 3 is 2.55 bits per heavy atom. The maximum Gasteiger partial charge on any atom is 0.407 e. The van der Waals surface area contributed by atoms with E-state index >= 15 is 0 Å². The van der Waals surface area contributed by atoms with Crippen LogP contribution in [0, 0.1) is 0 Å². The average molecular weight is 300 g/mol. The summed E-state index contributed by atoms with van der Waals surface area (Å²) >= 11 is 0. The number of aromatic amines is 1. The molecule has 2 aromatic rings. The molecule has 1 amide bonds. The highest BCUT2D eigenvalue weighted by Gasteiger charge is 2.30. The number of carbonyl (C=O) groups is 1. The van der Waals surface area contributed by atoms with E-state index in [1.165, 1.54) is 6.33 Å². The highest BCUT2D eigenvalue weighted by molar-refractivity contribution is 5.65. The van der Waals surface area contributed by atoms with Crippen LogP contribution in [0.15, 0.2) is 36.7 Å². The number of rotatable bonds is 4. The van der Waals surface area contributed by atoms with Crippen molar-refractivity contribution in [3.8, 4) is 0 Å². The van der Waals surface area contributed by atoms with Crippen molar-refractivity contribution in [2.75, 3.05) is 0 Å². The Balaban J connectivity index is 1.63. The molecule has 0 unspecified atom stereocenters. The van der Waals surface area contributed by atoms with Gasteiger partial charge >= 0.3 is 6.09 Å². The molecular formula is C16H20N4O2. The van der Waals surface area contributed by atoms with Crippen LogP contribution >= 0.6 is 0 Å². The monoisotopic (exact) mass is 300 g/mol. The largest absolute Gasteiger partial charge is 0.465 e. The van der Waals surface area contributed by atoms with Crippen molar-refractivity contribution >= 4 is 6.09 Å². The normalized spacial score (nSPS) is 21.5. The second kappa shape index (κ2) is 6.60. The summed E-state index contributed by atoms with van der Waals surface area (Å²) in [5.41, 5.74) is 1.03. The summed E-state index contributed by atoms with van der Waals surface area (Å²) in [6.07, 6.45) is 4.30. The van der Waals surface area contributed by atoms with E-state index in [2.05, 4.69) is 15.2 Å². The molecule has 1 saturated carbocycles. The smallest absolute Gasteiger partial charge is 0.407 e. The summed E-state index contributed by atoms with van der Waals surface area (Å²) < 4.78 is 0. The van der Waals surface area contributed by atoms with Gasteiger partial charge in [-0.1, -0.05) is 30.3 Å². The molecule has 1 fully saturated rings. The predicted molar refractivity (Wildman–Crippen MR) is 81.4 cm³/mol. The number of nitrogens with zero attached hydrogens (tertiary/aromatic N) is 3. The zero-order valence-electron chi connectivity index (χ0n) is 12.4. The third-order valence-corrected chi connectivity index (χ3v) is 4.40. The van der Waals surface area contributed by atoms with Crippen molar-refractivity contribution < 1.29 is 9.90 Å². The molecule has 0 atom stereocenters. The van der Waals surface area contributed by atoms with E-state index in [9.17, 15) is 9.90 Å². The first kappa shape index (κ1) is 14.6. The number of benzene rings is 1. The summed E-state index contributed by atoms with van der Waals surface area (Å²) in [5.74, 6) is 1.29. The minimum atomic E-state index is -0.841. The molecule has 2 N–H and O–H groups in total. The Labute approximate surface area is 129 Å². The fourth-order valence-corrected chi connectivity index (χ4v) is 3.21. The van der Waals surface area contributed by atoms with E-state index in [1.54, 1.807) is 4.90 Å². The van der Waals surface area contributed by atoms with Gasteiger partial charge in [0.15, 0.2) is 0 Å². The van der Waals surface area contributed by atoms with Crippen molar-refractivity contribution in [1.29, 1.82) is 0 Å². The summed E-state index contributed by atoms with van der Waals surface area (Å²) in [4.78, 5) is 17.4. The maximum absolute atomic E-state index is 11.6. The Bertz CT molecular complexity index is 592. The number of nitrogens with one attached hydrogen (secondary N) is 1. The summed E-state index contributed by atoms with van der Waals surface area (Å²) in [6, 6.07) is 9.84. The lowest BCUT2D eigenvalue weighted by Gasteiger charge is -2.34. The average Bonchev–Trinajstić information content (AvgIpc) is 3.08. The zero-order chi connectivity index (χ0) is 15.4. The fourth-order valence-electron chi connectivity index (χ4n) is 3.21. The van der Waals surface area contributed by atoms with Gasteiger partial charge in [0, 0.05) is 18.5 Å². The molecule has 1 aromatic carbocycles. The number of hydrogen-bond donors (Lipinski definition) is 2. The number of H-pyrrole nitrogens is 1. The highest BCUT2D eigenvalue weighted by Crippen LogP contribution is 2.33. The molecule has 1 aliphatic rings. The van der Waals surface area contributed by atoms with Gasteiger partial charge in [-0.05, 0) is 31.2 Å². The lowest BCUT2D eigenvalue weighted by Crippen LogP contribution is -2.41. The van der Waals surface area contributed by atoms with Crippen LogP contribution in [0.2, 0.25) is 0 Å². The van der Waals surface area contributed by atoms with Crippen LogP contribution in [-0.2, 0) is 6.54 Å². The Kier molecular flexibility index (Phi) is 4.37. The Morgan fingerprint density at radius 2 is 1.95 bits per heavy atom. The van der Waals surface area contributed by atoms with Crippen LogP contribution in [0.3, 0.4) is 0 Å². The summed E-state index contributed by atoms with van der Waals surface area (Å²) in [5, 5.41) is 16.4. The molecule has 0 radical (unpaired) electrons. The van der Waals surface area contributed by atoms with Crippen molar-refractivity contribution in [3.63, 3.8) is 0 Å². The van der Waals surface area contributed by atoms with Crippen LogP contribution in [-0.4, -0.2) is 37.3 Å². The SMILES string of the molecule is O=C(O)N(Cc1ccccc1)[C@H]1CC[C@H](c2ncn[nH]2)CC1. The van der Waals surface area contributed by atoms with Gasteiger partial charge in [-0.2, -0.15) is 5.10 Å². The number of aromatic nitrogens is 3. The predicted octanol–water partition coefficient (Wildman–Crippen LogP) is 3.01. The highest BCUT2D eigenvalue weighted by atomic mass is 16.4. The van der Waals surface area contributed by atoms with E-state index in [0.29, 0.717) is 12.5 Å². The molecule has 3 rings (SSSR count). The van der Waals surface area contributed by atoms with Gasteiger partial charge in [0.25, 0.3) is 0 Å². The van der Waals surface area contributed by atoms with Crippen LogP contribution in [0.4, 0.5) is 4.79 Å². The van der Waals surface area contributed by atoms with Gasteiger partial charge < -0.3 is 10.0 Å². The molecule has 1 aromatic heterocycles. The zero-order valence-corrected chi connectivity index (χ0v) is 12.4. The van der Waals surface area contributed by atoms with Crippen LogP contribution in [0.5, 0.6) is 0 Å². The number of amides is 1. The standard InChI is InChI=1S/C16H20N4O2/c21-16(22)20(10-12-4-2-1-3-5-12)14-8-6-13(7-9-14)15-17-11-18-19-15/h1-5,11,13-14H,6-10H2,(H,21,22)(H,17,18,19)/t13-,14-. The Morgan fingerprint density at radius 1 is 1.23 bits per heavy atom. The fraction of sp³-hybridized carbons (Fsp3) is 0.438. The topological polar surface area (TPSA) is 82.1 Å². The van der Waals surface area contributed by atoms with Gasteiger partial charge in [0.05, 0.1) is 0 Å². The molecule has 116 valence electrons. The van der Waals surface area contributed by atoms with Crippen LogP contribution < -0.4 is 0 Å². The molecule has 0 aliphatic heterocycles. The molecule has 0 spiro atoms. The second-order valence-corrected chi connectivity index (χ2v) is 5.77. The van der Waals surface area contributed by atoms with Crippen LogP contribution in [0.25, 0.3) is 0 Å². The van der Waals surface area contributed by atoms with Gasteiger partial charge in [0.1, 0.15) is 12.2 Å². The first-order chi connectivity index (χ1) is 10.7. The molecule has 0 saturated heterocycles. The van der Waals surface area contributed by atoms with Crippen LogP contribution in [0.1, 0.15) is 43.0 Å². The van der Waals surface area contributed by atoms with Crippen molar-refractivity contribution in [3.05, 3.63) is 48.0 Å². The van der Waals surface area contributed by atoms with Crippen molar-refractivity contribution in [2.45, 2.75) is 44.2 Å². The van der Waals surface area contributed by atoms with E-state index in [4.69, 9.17) is 0 Å². The Hall–Kier alpha value is -2.37.